The minimum absolute atomic E-state index is 0.125. The van der Waals surface area contributed by atoms with Crippen molar-refractivity contribution < 1.29 is 9.59 Å². The molecule has 2 N–H and O–H groups in total. The number of anilines is 2. The van der Waals surface area contributed by atoms with Gasteiger partial charge in [0, 0.05) is 31.2 Å². The van der Waals surface area contributed by atoms with Crippen LogP contribution in [0.4, 0.5) is 10.3 Å². The quantitative estimate of drug-likeness (QED) is 0.558. The summed E-state index contributed by atoms with van der Waals surface area (Å²) >= 11 is 2.87. The zero-order valence-electron chi connectivity index (χ0n) is 17.3. The summed E-state index contributed by atoms with van der Waals surface area (Å²) in [5, 5.41) is 25.2. The molecule has 3 aromatic rings. The summed E-state index contributed by atoms with van der Waals surface area (Å²) in [7, 11) is 0. The highest BCUT2D eigenvalue weighted by Gasteiger charge is 2.29. The van der Waals surface area contributed by atoms with E-state index in [2.05, 4.69) is 36.0 Å². The minimum atomic E-state index is -0.137. The molecule has 0 saturated heterocycles. The van der Waals surface area contributed by atoms with Crippen LogP contribution in [0.25, 0.3) is 0 Å². The Morgan fingerprint density at radius 3 is 2.65 bits per heavy atom. The zero-order valence-corrected chi connectivity index (χ0v) is 18.9. The Labute approximate surface area is 187 Å². The minimum Gasteiger partial charge on any atom is -0.301 e. The van der Waals surface area contributed by atoms with Crippen LogP contribution in [0.3, 0.4) is 0 Å². The molecule has 3 aromatic heterocycles. The molecule has 0 aliphatic heterocycles. The zero-order chi connectivity index (χ0) is 21.8. The molecule has 1 aliphatic carbocycles. The van der Waals surface area contributed by atoms with Gasteiger partial charge >= 0.3 is 0 Å². The van der Waals surface area contributed by atoms with Crippen molar-refractivity contribution >= 4 is 44.8 Å². The molecule has 9 nitrogen and oxygen atoms in total. The third-order valence-corrected chi connectivity index (χ3v) is 6.99. The van der Waals surface area contributed by atoms with Crippen molar-refractivity contribution in [1.29, 1.82) is 0 Å². The lowest BCUT2D eigenvalue weighted by Crippen LogP contribution is -2.14. The maximum Gasteiger partial charge on any atom is 0.230 e. The van der Waals surface area contributed by atoms with Crippen molar-refractivity contribution in [2.24, 2.45) is 5.92 Å². The second-order valence-electron chi connectivity index (χ2n) is 7.74. The van der Waals surface area contributed by atoms with Crippen LogP contribution in [0.5, 0.6) is 0 Å². The number of pyridine rings is 1. The van der Waals surface area contributed by atoms with Crippen molar-refractivity contribution in [3.63, 3.8) is 0 Å². The van der Waals surface area contributed by atoms with Crippen molar-refractivity contribution in [3.8, 4) is 0 Å². The fraction of sp³-hybridized carbons (Fsp3) is 0.450. The van der Waals surface area contributed by atoms with Gasteiger partial charge in [0.05, 0.1) is 6.42 Å². The maximum atomic E-state index is 12.3. The molecule has 1 saturated carbocycles. The summed E-state index contributed by atoms with van der Waals surface area (Å²) < 4.78 is 0. The number of nitrogens with one attached hydrogen (secondary N) is 2. The first-order chi connectivity index (χ1) is 14.9. The molecule has 31 heavy (non-hydrogen) atoms. The summed E-state index contributed by atoms with van der Waals surface area (Å²) in [5.41, 5.74) is 1.79. The maximum absolute atomic E-state index is 12.3. The topological polar surface area (TPSA) is 123 Å². The van der Waals surface area contributed by atoms with Gasteiger partial charge < -0.3 is 10.6 Å². The van der Waals surface area contributed by atoms with Gasteiger partial charge in [-0.3, -0.25) is 14.6 Å². The fourth-order valence-electron chi connectivity index (χ4n) is 3.67. The Bertz CT molecular complexity index is 1060. The third-order valence-electron chi connectivity index (χ3n) is 5.13. The molecular weight excluding hydrogens is 434 g/mol. The van der Waals surface area contributed by atoms with Crippen LogP contribution < -0.4 is 10.6 Å². The molecule has 0 bridgehead atoms. The number of amides is 2. The van der Waals surface area contributed by atoms with Gasteiger partial charge in [0.2, 0.25) is 22.1 Å². The average molecular weight is 458 g/mol. The predicted molar refractivity (Wildman–Crippen MR) is 119 cm³/mol. The highest BCUT2D eigenvalue weighted by atomic mass is 32.1. The van der Waals surface area contributed by atoms with E-state index >= 15 is 0 Å². The molecule has 4 rings (SSSR count). The van der Waals surface area contributed by atoms with Crippen molar-refractivity contribution in [1.82, 2.24) is 25.4 Å². The highest BCUT2D eigenvalue weighted by Crippen LogP contribution is 2.41. The van der Waals surface area contributed by atoms with Gasteiger partial charge in [-0.25, -0.2) is 0 Å². The van der Waals surface area contributed by atoms with Crippen LogP contribution >= 0.6 is 22.7 Å². The normalized spacial score (nSPS) is 18.1. The van der Waals surface area contributed by atoms with E-state index in [9.17, 15) is 9.59 Å². The van der Waals surface area contributed by atoms with E-state index in [1.54, 1.807) is 6.20 Å². The molecule has 11 heteroatoms. The van der Waals surface area contributed by atoms with Gasteiger partial charge in [-0.05, 0) is 43.7 Å². The largest absolute Gasteiger partial charge is 0.301 e. The van der Waals surface area contributed by atoms with Gasteiger partial charge in [-0.15, -0.1) is 20.4 Å². The average Bonchev–Trinajstić information content (AvgIpc) is 3.45. The second-order valence-corrected chi connectivity index (χ2v) is 9.81. The molecule has 162 valence electrons. The fourth-order valence-corrected chi connectivity index (χ4v) is 5.48. The molecular formula is C20H23N7O2S2. The molecule has 1 fully saturated rings. The van der Waals surface area contributed by atoms with E-state index < -0.39 is 0 Å². The van der Waals surface area contributed by atoms with Gasteiger partial charge in [0.15, 0.2) is 0 Å². The van der Waals surface area contributed by atoms with Gasteiger partial charge in [-0.2, -0.15) is 0 Å². The molecule has 0 spiro atoms. The molecule has 2 atom stereocenters. The summed E-state index contributed by atoms with van der Waals surface area (Å²) in [4.78, 5) is 27.6. The monoisotopic (exact) mass is 457 g/mol. The third kappa shape index (κ3) is 5.88. The first-order valence-corrected chi connectivity index (χ1v) is 11.7. The van der Waals surface area contributed by atoms with E-state index in [-0.39, 0.29) is 18.2 Å². The van der Waals surface area contributed by atoms with E-state index in [1.165, 1.54) is 29.6 Å². The molecule has 0 aromatic carbocycles. The van der Waals surface area contributed by atoms with E-state index in [1.807, 2.05) is 19.1 Å². The van der Waals surface area contributed by atoms with Crippen LogP contribution in [0.15, 0.2) is 18.3 Å². The Balaban J connectivity index is 1.27. The lowest BCUT2D eigenvalue weighted by atomic mass is 10.0. The summed E-state index contributed by atoms with van der Waals surface area (Å²) in [6.07, 6.45) is 5.95. The molecule has 2 amide bonds. The molecule has 1 aliphatic rings. The van der Waals surface area contributed by atoms with Crippen molar-refractivity contribution in [2.45, 2.75) is 51.9 Å². The standard InChI is InChI=1S/C20H23N7O2S2/c1-11-3-4-14(10-21-11)8-16(29)23-20-26-24-17(30-20)9-13-5-6-15(7-13)18-25-27-19(31-18)22-12(2)28/h3-4,10,13,15H,5-9H2,1-2H3,(H,22,27,28)(H,23,26,29)/t13-,15?/m1/s1. The SMILES string of the molecule is CC(=O)Nc1nnc(C2CC[C@@H](Cc3nnc(NC(=O)Cc4ccc(C)nc4)s3)C2)s1. The number of rotatable bonds is 7. The van der Waals surface area contributed by atoms with Crippen molar-refractivity contribution in [3.05, 3.63) is 39.6 Å². The van der Waals surface area contributed by atoms with Crippen LogP contribution in [0, 0.1) is 12.8 Å². The van der Waals surface area contributed by atoms with Crippen LogP contribution in [0.2, 0.25) is 0 Å². The second kappa shape index (κ2) is 9.56. The molecule has 1 unspecified atom stereocenters. The smallest absolute Gasteiger partial charge is 0.230 e. The Kier molecular flexibility index (Phi) is 6.62. The number of aromatic nitrogens is 5. The number of nitrogens with zero attached hydrogens (tertiary/aromatic N) is 5. The Morgan fingerprint density at radius 2 is 1.87 bits per heavy atom. The Morgan fingerprint density at radius 1 is 1.06 bits per heavy atom. The summed E-state index contributed by atoms with van der Waals surface area (Å²) in [5.74, 6) is 0.593. The van der Waals surface area contributed by atoms with E-state index in [0.29, 0.717) is 22.1 Å². The van der Waals surface area contributed by atoms with Gasteiger partial charge in [0.25, 0.3) is 0 Å². The Hall–Kier alpha value is -2.79. The van der Waals surface area contributed by atoms with Crippen LogP contribution in [-0.2, 0) is 22.4 Å². The molecule has 3 heterocycles. The van der Waals surface area contributed by atoms with Crippen LogP contribution in [-0.4, -0.2) is 37.2 Å². The lowest BCUT2D eigenvalue weighted by molar-refractivity contribution is -0.116. The molecule has 0 radical (unpaired) electrons. The van der Waals surface area contributed by atoms with Gasteiger partial charge in [-0.1, -0.05) is 28.7 Å². The first-order valence-electron chi connectivity index (χ1n) is 10.1. The number of hydrogen-bond donors (Lipinski definition) is 2. The predicted octanol–water partition coefficient (Wildman–Crippen LogP) is 3.36. The first kappa shape index (κ1) is 21.4. The van der Waals surface area contributed by atoms with Crippen molar-refractivity contribution in [2.75, 3.05) is 10.6 Å². The highest BCUT2D eigenvalue weighted by molar-refractivity contribution is 7.15. The van der Waals surface area contributed by atoms with E-state index in [4.69, 9.17) is 0 Å². The lowest BCUT2D eigenvalue weighted by Gasteiger charge is -2.06. The van der Waals surface area contributed by atoms with Crippen LogP contribution in [0.1, 0.15) is 53.4 Å². The number of aryl methyl sites for hydroxylation is 1. The number of hydrogen-bond acceptors (Lipinski definition) is 9. The summed E-state index contributed by atoms with van der Waals surface area (Å²) in [6.45, 7) is 3.38. The van der Waals surface area contributed by atoms with Gasteiger partial charge in [0.1, 0.15) is 10.0 Å². The number of carbonyl (C=O) groups excluding carboxylic acids is 2. The van der Waals surface area contributed by atoms with E-state index in [0.717, 1.165) is 47.0 Å². The number of carbonyl (C=O) groups is 2. The summed E-state index contributed by atoms with van der Waals surface area (Å²) in [6, 6.07) is 3.80.